The number of hydrogen-bond acceptors (Lipinski definition) is 1. The fourth-order valence-corrected chi connectivity index (χ4v) is 2.68. The molecule has 0 aromatic rings. The van der Waals surface area contributed by atoms with Crippen molar-refractivity contribution in [2.45, 2.75) is 39.5 Å². The van der Waals surface area contributed by atoms with Gasteiger partial charge in [0.05, 0.1) is 0 Å². The van der Waals surface area contributed by atoms with Gasteiger partial charge in [-0.05, 0) is 18.8 Å². The Morgan fingerprint density at radius 3 is 2.36 bits per heavy atom. The van der Waals surface area contributed by atoms with Gasteiger partial charge in [-0.15, -0.1) is 0 Å². The lowest BCUT2D eigenvalue weighted by Gasteiger charge is -2.19. The lowest BCUT2D eigenvalue weighted by molar-refractivity contribution is 0.389. The van der Waals surface area contributed by atoms with Crippen LogP contribution in [0.25, 0.3) is 0 Å². The van der Waals surface area contributed by atoms with Crippen molar-refractivity contribution in [1.82, 2.24) is 0 Å². The zero-order valence-corrected chi connectivity index (χ0v) is 7.45. The Balaban J connectivity index is 0. The van der Waals surface area contributed by atoms with Crippen LogP contribution in [0, 0.1) is 5.92 Å². The van der Waals surface area contributed by atoms with E-state index in [9.17, 15) is 4.21 Å². The van der Waals surface area contributed by atoms with Crippen LogP contribution in [0.4, 0.5) is 0 Å². The highest BCUT2D eigenvalue weighted by Gasteiger charge is 2.13. The Hall–Kier alpha value is 0.150. The highest BCUT2D eigenvalue weighted by Crippen LogP contribution is 2.23. The quantitative estimate of drug-likeness (QED) is 0.635. The van der Waals surface area contributed by atoms with Gasteiger partial charge in [-0.1, -0.05) is 26.7 Å². The molecule has 1 rings (SSSR count). The Morgan fingerprint density at radius 1 is 1.36 bits per heavy atom. The fraction of sp³-hybridized carbons (Fsp3) is 1.00. The second-order valence-corrected chi connectivity index (χ2v) is 4.72. The first-order valence-corrected chi connectivity index (χ1v) is 5.82. The zero-order valence-electron chi connectivity index (χ0n) is 6.64. The average Bonchev–Trinajstić information content (AvgIpc) is 1.88. The Bertz CT molecular complexity index is 122. The molecule has 0 radical (unpaired) electrons. The summed E-state index contributed by atoms with van der Waals surface area (Å²) in [7, 11) is -0.563. The topological polar surface area (TPSA) is 17.1 Å². The van der Waals surface area contributed by atoms with E-state index in [0.29, 0.717) is 0 Å². The van der Waals surface area contributed by atoms with Crippen LogP contribution in [0.15, 0.2) is 0 Å². The van der Waals surface area contributed by atoms with E-state index in [1.807, 2.05) is 6.26 Å². The van der Waals surface area contributed by atoms with Crippen LogP contribution in [0.1, 0.15) is 41.0 Å². The first-order valence-electron chi connectivity index (χ1n) is 4.09. The zero-order chi connectivity index (χ0) is 7.40. The molecule has 0 N–H and O–H groups in total. The van der Waals surface area contributed by atoms with Gasteiger partial charge in [0.2, 0.25) is 0 Å². The molecule has 1 nitrogen and oxygen atoms in total. The van der Waals surface area contributed by atoms with Gasteiger partial charge in [0.1, 0.15) is 0 Å². The molecule has 0 aromatic carbocycles. The highest BCUT2D eigenvalue weighted by atomic mass is 32.2. The van der Waals surface area contributed by atoms with Gasteiger partial charge in [0.25, 0.3) is 0 Å². The predicted molar refractivity (Wildman–Crippen MR) is 54.4 cm³/mol. The standard InChI is InChI=1S/C8H16OS.CH4.H2/c1-10(9)7-8-5-3-2-4-6-8;;/h8H,2-7H2,1H3;1H4;1H. The van der Waals surface area contributed by atoms with Crippen LogP contribution in [0.5, 0.6) is 0 Å². The minimum absolute atomic E-state index is 0. The van der Waals surface area contributed by atoms with Crippen LogP contribution in [0.2, 0.25) is 0 Å². The molecule has 0 spiro atoms. The maximum atomic E-state index is 10.8. The van der Waals surface area contributed by atoms with Crippen LogP contribution in [-0.2, 0) is 10.8 Å². The van der Waals surface area contributed by atoms with Gasteiger partial charge in [-0.3, -0.25) is 4.21 Å². The van der Waals surface area contributed by atoms with Gasteiger partial charge >= 0.3 is 0 Å². The summed E-state index contributed by atoms with van der Waals surface area (Å²) in [4.78, 5) is 0. The van der Waals surface area contributed by atoms with Crippen molar-refractivity contribution in [2.75, 3.05) is 12.0 Å². The Morgan fingerprint density at radius 2 is 1.91 bits per heavy atom. The molecule has 0 amide bonds. The minimum Gasteiger partial charge on any atom is -0.260 e. The first kappa shape index (κ1) is 11.2. The normalized spacial score (nSPS) is 22.3. The molecule has 0 bridgehead atoms. The molecule has 1 aliphatic carbocycles. The van der Waals surface area contributed by atoms with E-state index in [4.69, 9.17) is 0 Å². The first-order chi connectivity index (χ1) is 4.79. The monoisotopic (exact) mass is 178 g/mol. The summed E-state index contributed by atoms with van der Waals surface area (Å²) in [5.74, 6) is 1.72. The number of rotatable bonds is 2. The molecule has 70 valence electrons. The Kier molecular flexibility index (Phi) is 5.83. The van der Waals surface area contributed by atoms with Crippen LogP contribution >= 0.6 is 0 Å². The van der Waals surface area contributed by atoms with Crippen molar-refractivity contribution in [3.63, 3.8) is 0 Å². The largest absolute Gasteiger partial charge is 0.260 e. The fourth-order valence-electron chi connectivity index (χ4n) is 1.69. The van der Waals surface area contributed by atoms with Crippen molar-refractivity contribution >= 4 is 10.8 Å². The molecule has 11 heavy (non-hydrogen) atoms. The smallest absolute Gasteiger partial charge is 0.0260 e. The third-order valence-electron chi connectivity index (χ3n) is 2.20. The summed E-state index contributed by atoms with van der Waals surface area (Å²) in [6.45, 7) is 0. The van der Waals surface area contributed by atoms with Gasteiger partial charge in [-0.2, -0.15) is 0 Å². The molecular weight excluding hydrogens is 156 g/mol. The molecule has 0 aromatic heterocycles. The second kappa shape index (κ2) is 5.76. The van der Waals surface area contributed by atoms with Gasteiger partial charge in [0, 0.05) is 24.2 Å². The molecule has 0 aliphatic heterocycles. The molecular formula is C9H22OS. The molecule has 0 heterocycles. The molecule has 2 heteroatoms. The van der Waals surface area contributed by atoms with Gasteiger partial charge in [-0.25, -0.2) is 0 Å². The summed E-state index contributed by atoms with van der Waals surface area (Å²) in [5.41, 5.74) is 0. The van der Waals surface area contributed by atoms with E-state index in [0.717, 1.165) is 11.7 Å². The average molecular weight is 178 g/mol. The van der Waals surface area contributed by atoms with Crippen molar-refractivity contribution in [1.29, 1.82) is 0 Å². The maximum absolute atomic E-state index is 10.8. The predicted octanol–water partition coefficient (Wildman–Crippen LogP) is 2.83. The van der Waals surface area contributed by atoms with E-state index in [1.165, 1.54) is 32.1 Å². The van der Waals surface area contributed by atoms with E-state index < -0.39 is 10.8 Å². The summed E-state index contributed by atoms with van der Waals surface area (Å²) < 4.78 is 10.8. The van der Waals surface area contributed by atoms with Crippen LogP contribution < -0.4 is 0 Å². The van der Waals surface area contributed by atoms with Crippen molar-refractivity contribution in [3.8, 4) is 0 Å². The second-order valence-electron chi connectivity index (χ2n) is 3.24. The van der Waals surface area contributed by atoms with Crippen LogP contribution in [-0.4, -0.2) is 16.2 Å². The van der Waals surface area contributed by atoms with E-state index in [1.54, 1.807) is 0 Å². The lowest BCUT2D eigenvalue weighted by Crippen LogP contribution is -2.13. The van der Waals surface area contributed by atoms with Crippen molar-refractivity contribution in [3.05, 3.63) is 0 Å². The third kappa shape index (κ3) is 4.57. The highest BCUT2D eigenvalue weighted by molar-refractivity contribution is 7.84. The van der Waals surface area contributed by atoms with Crippen molar-refractivity contribution in [2.24, 2.45) is 5.92 Å². The molecule has 1 unspecified atom stereocenters. The van der Waals surface area contributed by atoms with E-state index in [2.05, 4.69) is 0 Å². The minimum atomic E-state index is -0.563. The summed E-state index contributed by atoms with van der Waals surface area (Å²) in [6.07, 6.45) is 8.57. The summed E-state index contributed by atoms with van der Waals surface area (Å²) in [6, 6.07) is 0. The molecule has 1 fully saturated rings. The summed E-state index contributed by atoms with van der Waals surface area (Å²) in [5, 5.41) is 0. The van der Waals surface area contributed by atoms with Gasteiger partial charge < -0.3 is 0 Å². The van der Waals surface area contributed by atoms with E-state index in [-0.39, 0.29) is 8.85 Å². The van der Waals surface area contributed by atoms with Crippen LogP contribution in [0.3, 0.4) is 0 Å². The Labute approximate surface area is 74.5 Å². The maximum Gasteiger partial charge on any atom is 0.0260 e. The van der Waals surface area contributed by atoms with Gasteiger partial charge in [0.15, 0.2) is 0 Å². The SMILES string of the molecule is C.CS(=O)CC1CCCCC1.[HH]. The summed E-state index contributed by atoms with van der Waals surface area (Å²) >= 11 is 0. The molecule has 1 atom stereocenters. The number of hydrogen-bond donors (Lipinski definition) is 0. The van der Waals surface area contributed by atoms with Crippen molar-refractivity contribution < 1.29 is 5.64 Å². The van der Waals surface area contributed by atoms with E-state index >= 15 is 0 Å². The molecule has 1 aliphatic rings. The molecule has 1 saturated carbocycles. The third-order valence-corrected chi connectivity index (χ3v) is 3.14. The lowest BCUT2D eigenvalue weighted by atomic mass is 9.91. The molecule has 0 saturated heterocycles.